The van der Waals surface area contributed by atoms with Crippen molar-refractivity contribution in [1.29, 1.82) is 0 Å². The molecular formula is C20H17ClN4O3. The van der Waals surface area contributed by atoms with Gasteiger partial charge in [-0.25, -0.2) is 14.8 Å². The number of benzene rings is 2. The molecule has 0 atom stereocenters. The van der Waals surface area contributed by atoms with Crippen LogP contribution in [0.2, 0.25) is 5.02 Å². The Morgan fingerprint density at radius 1 is 1.07 bits per heavy atom. The lowest BCUT2D eigenvalue weighted by Crippen LogP contribution is -2.24. The third-order valence-corrected chi connectivity index (χ3v) is 4.09. The summed E-state index contributed by atoms with van der Waals surface area (Å²) in [5.74, 6) is -0.642. The third kappa shape index (κ3) is 4.83. The fourth-order valence-electron chi connectivity index (χ4n) is 2.42. The van der Waals surface area contributed by atoms with Crippen molar-refractivity contribution in [3.8, 4) is 0 Å². The van der Waals surface area contributed by atoms with Gasteiger partial charge in [0, 0.05) is 17.8 Å². The Morgan fingerprint density at radius 3 is 2.57 bits per heavy atom. The fourth-order valence-corrected chi connectivity index (χ4v) is 2.55. The molecule has 1 aromatic heterocycles. The number of methoxy groups -OCH3 is 1. The number of rotatable bonds is 6. The van der Waals surface area contributed by atoms with Gasteiger partial charge in [0.2, 0.25) is 5.95 Å². The number of anilines is 2. The Morgan fingerprint density at radius 2 is 1.82 bits per heavy atom. The van der Waals surface area contributed by atoms with Crippen LogP contribution in [-0.2, 0) is 11.3 Å². The molecule has 2 N–H and O–H groups in total. The lowest BCUT2D eigenvalue weighted by Gasteiger charge is -2.10. The predicted molar refractivity (Wildman–Crippen MR) is 106 cm³/mol. The zero-order valence-corrected chi connectivity index (χ0v) is 15.7. The highest BCUT2D eigenvalue weighted by molar-refractivity contribution is 6.30. The molecule has 0 saturated carbocycles. The van der Waals surface area contributed by atoms with Gasteiger partial charge in [0.05, 0.1) is 18.4 Å². The zero-order valence-electron chi connectivity index (χ0n) is 15.0. The maximum Gasteiger partial charge on any atom is 0.339 e. The van der Waals surface area contributed by atoms with Gasteiger partial charge >= 0.3 is 5.97 Å². The second kappa shape index (κ2) is 8.96. The number of amides is 1. The Hall–Kier alpha value is -3.45. The molecular weight excluding hydrogens is 380 g/mol. The molecule has 0 spiro atoms. The Balaban J connectivity index is 1.71. The van der Waals surface area contributed by atoms with Crippen molar-refractivity contribution >= 4 is 35.1 Å². The smallest absolute Gasteiger partial charge is 0.339 e. The maximum atomic E-state index is 12.4. The van der Waals surface area contributed by atoms with Crippen LogP contribution in [0.3, 0.4) is 0 Å². The summed E-state index contributed by atoms with van der Waals surface area (Å²) in [4.78, 5) is 32.6. The van der Waals surface area contributed by atoms with E-state index in [9.17, 15) is 9.59 Å². The molecule has 3 rings (SSSR count). The standard InChI is InChI=1S/C20H17ClN4O3/c1-28-19(27)15-4-2-3-5-16(15)24-20-22-11-10-17(25-20)18(26)23-12-13-6-8-14(21)9-7-13/h2-11H,12H2,1H3,(H,23,26)(H,22,24,25). The van der Waals surface area contributed by atoms with E-state index in [0.717, 1.165) is 5.56 Å². The highest BCUT2D eigenvalue weighted by Gasteiger charge is 2.13. The first kappa shape index (κ1) is 19.3. The second-order valence-corrected chi connectivity index (χ2v) is 6.17. The lowest BCUT2D eigenvalue weighted by atomic mass is 10.2. The summed E-state index contributed by atoms with van der Waals surface area (Å²) in [5.41, 5.74) is 1.93. The second-order valence-electron chi connectivity index (χ2n) is 5.74. The number of carbonyl (C=O) groups excluding carboxylic acids is 2. The van der Waals surface area contributed by atoms with Crippen molar-refractivity contribution in [2.75, 3.05) is 12.4 Å². The zero-order chi connectivity index (χ0) is 19.9. The van der Waals surface area contributed by atoms with E-state index < -0.39 is 5.97 Å². The average Bonchev–Trinajstić information content (AvgIpc) is 2.73. The van der Waals surface area contributed by atoms with E-state index in [1.165, 1.54) is 19.4 Å². The van der Waals surface area contributed by atoms with Crippen molar-refractivity contribution in [2.24, 2.45) is 0 Å². The van der Waals surface area contributed by atoms with Gasteiger partial charge in [-0.15, -0.1) is 0 Å². The van der Waals surface area contributed by atoms with Crippen molar-refractivity contribution in [1.82, 2.24) is 15.3 Å². The number of aromatic nitrogens is 2. The number of halogens is 1. The summed E-state index contributed by atoms with van der Waals surface area (Å²) in [6.07, 6.45) is 1.47. The number of carbonyl (C=O) groups is 2. The van der Waals surface area contributed by atoms with Crippen LogP contribution < -0.4 is 10.6 Å². The molecule has 7 nitrogen and oxygen atoms in total. The highest BCUT2D eigenvalue weighted by atomic mass is 35.5. The summed E-state index contributed by atoms with van der Waals surface area (Å²) < 4.78 is 4.77. The van der Waals surface area contributed by atoms with Gasteiger partial charge in [-0.05, 0) is 35.9 Å². The number of ether oxygens (including phenoxy) is 1. The minimum Gasteiger partial charge on any atom is -0.465 e. The molecule has 3 aromatic rings. The normalized spacial score (nSPS) is 10.2. The van der Waals surface area contributed by atoms with Gasteiger partial charge in [0.25, 0.3) is 5.91 Å². The first-order valence-corrected chi connectivity index (χ1v) is 8.74. The van der Waals surface area contributed by atoms with Gasteiger partial charge in [0.1, 0.15) is 5.69 Å². The van der Waals surface area contributed by atoms with Gasteiger partial charge < -0.3 is 15.4 Å². The Labute approximate surface area is 166 Å². The molecule has 1 amide bonds. The number of nitrogens with one attached hydrogen (secondary N) is 2. The minimum absolute atomic E-state index is 0.190. The highest BCUT2D eigenvalue weighted by Crippen LogP contribution is 2.19. The summed E-state index contributed by atoms with van der Waals surface area (Å²) in [7, 11) is 1.31. The quantitative estimate of drug-likeness (QED) is 0.618. The molecule has 1 heterocycles. The molecule has 2 aromatic carbocycles. The molecule has 142 valence electrons. The first-order chi connectivity index (χ1) is 13.6. The van der Waals surface area contributed by atoms with E-state index in [-0.39, 0.29) is 17.5 Å². The van der Waals surface area contributed by atoms with Crippen LogP contribution in [-0.4, -0.2) is 29.0 Å². The molecule has 0 aliphatic rings. The van der Waals surface area contributed by atoms with Crippen molar-refractivity contribution in [3.05, 3.63) is 82.6 Å². The van der Waals surface area contributed by atoms with E-state index in [0.29, 0.717) is 22.8 Å². The topological polar surface area (TPSA) is 93.2 Å². The maximum absolute atomic E-state index is 12.4. The van der Waals surface area contributed by atoms with Gasteiger partial charge in [-0.1, -0.05) is 35.9 Å². The molecule has 0 bridgehead atoms. The molecule has 0 aliphatic heterocycles. The van der Waals surface area contributed by atoms with Crippen molar-refractivity contribution in [2.45, 2.75) is 6.54 Å². The summed E-state index contributed by atoms with van der Waals surface area (Å²) >= 11 is 5.85. The van der Waals surface area contributed by atoms with Crippen LogP contribution in [0.1, 0.15) is 26.4 Å². The summed E-state index contributed by atoms with van der Waals surface area (Å²) in [6, 6.07) is 15.5. The molecule has 28 heavy (non-hydrogen) atoms. The minimum atomic E-state index is -0.486. The van der Waals surface area contributed by atoms with Crippen LogP contribution in [0.5, 0.6) is 0 Å². The van der Waals surface area contributed by atoms with Crippen LogP contribution in [0.25, 0.3) is 0 Å². The summed E-state index contributed by atoms with van der Waals surface area (Å²) in [5, 5.41) is 6.37. The van der Waals surface area contributed by atoms with E-state index in [1.807, 2.05) is 12.1 Å². The number of nitrogens with zero attached hydrogens (tertiary/aromatic N) is 2. The molecule has 0 aliphatic carbocycles. The first-order valence-electron chi connectivity index (χ1n) is 8.37. The fraction of sp³-hybridized carbons (Fsp3) is 0.100. The monoisotopic (exact) mass is 396 g/mol. The molecule has 0 radical (unpaired) electrons. The third-order valence-electron chi connectivity index (χ3n) is 3.83. The van der Waals surface area contributed by atoms with E-state index >= 15 is 0 Å². The van der Waals surface area contributed by atoms with Crippen molar-refractivity contribution in [3.63, 3.8) is 0 Å². The predicted octanol–water partition coefficient (Wildman–Crippen LogP) is 3.59. The number of hydrogen-bond acceptors (Lipinski definition) is 6. The van der Waals surface area contributed by atoms with Crippen LogP contribution in [0.4, 0.5) is 11.6 Å². The van der Waals surface area contributed by atoms with Gasteiger partial charge in [-0.3, -0.25) is 4.79 Å². The van der Waals surface area contributed by atoms with Gasteiger partial charge in [0.15, 0.2) is 0 Å². The number of hydrogen-bond donors (Lipinski definition) is 2. The van der Waals surface area contributed by atoms with Crippen molar-refractivity contribution < 1.29 is 14.3 Å². The summed E-state index contributed by atoms with van der Waals surface area (Å²) in [6.45, 7) is 0.341. The SMILES string of the molecule is COC(=O)c1ccccc1Nc1nccc(C(=O)NCc2ccc(Cl)cc2)n1. The number of esters is 1. The number of para-hydroxylation sites is 1. The van der Waals surface area contributed by atoms with Crippen LogP contribution in [0.15, 0.2) is 60.8 Å². The Kier molecular flexibility index (Phi) is 6.18. The lowest BCUT2D eigenvalue weighted by molar-refractivity contribution is 0.0601. The van der Waals surface area contributed by atoms with E-state index in [2.05, 4.69) is 20.6 Å². The Bertz CT molecular complexity index is 993. The van der Waals surface area contributed by atoms with E-state index in [4.69, 9.17) is 16.3 Å². The van der Waals surface area contributed by atoms with Crippen LogP contribution >= 0.6 is 11.6 Å². The molecule has 0 unspecified atom stereocenters. The molecule has 0 saturated heterocycles. The van der Waals surface area contributed by atoms with Gasteiger partial charge in [-0.2, -0.15) is 0 Å². The molecule has 0 fully saturated rings. The molecule has 8 heteroatoms. The largest absolute Gasteiger partial charge is 0.465 e. The average molecular weight is 397 g/mol. The van der Waals surface area contributed by atoms with Crippen LogP contribution in [0, 0.1) is 0 Å². The van der Waals surface area contributed by atoms with E-state index in [1.54, 1.807) is 36.4 Å².